The molecule has 0 spiro atoms. The number of hydrogen-bond donors (Lipinski definition) is 1. The van der Waals surface area contributed by atoms with E-state index < -0.39 is 23.4 Å². The molecule has 0 unspecified atom stereocenters. The van der Waals surface area contributed by atoms with Crippen molar-refractivity contribution in [3.8, 4) is 5.75 Å². The van der Waals surface area contributed by atoms with Crippen molar-refractivity contribution in [3.05, 3.63) is 63.2 Å². The van der Waals surface area contributed by atoms with Gasteiger partial charge < -0.3 is 14.8 Å². The van der Waals surface area contributed by atoms with Crippen LogP contribution in [0.4, 0.5) is 11.4 Å². The summed E-state index contributed by atoms with van der Waals surface area (Å²) in [6, 6.07) is 9.84. The van der Waals surface area contributed by atoms with Crippen LogP contribution in [0.3, 0.4) is 0 Å². The van der Waals surface area contributed by atoms with Crippen molar-refractivity contribution in [1.29, 1.82) is 0 Å². The Morgan fingerprint density at radius 3 is 2.59 bits per heavy atom. The van der Waals surface area contributed by atoms with Crippen molar-refractivity contribution in [2.75, 3.05) is 19.0 Å². The van der Waals surface area contributed by atoms with Crippen LogP contribution in [0.15, 0.2) is 36.4 Å². The fourth-order valence-electron chi connectivity index (χ4n) is 3.35. The number of anilines is 1. The van der Waals surface area contributed by atoms with E-state index in [0.717, 1.165) is 24.8 Å². The van der Waals surface area contributed by atoms with Crippen LogP contribution in [0, 0.1) is 10.1 Å². The molecular formula is C21H22N2O6. The Hall–Kier alpha value is -3.42. The summed E-state index contributed by atoms with van der Waals surface area (Å²) in [5, 5.41) is 13.4. The number of rotatable bonds is 7. The average Bonchev–Trinajstić information content (AvgIpc) is 2.72. The predicted molar refractivity (Wildman–Crippen MR) is 106 cm³/mol. The minimum atomic E-state index is -0.609. The van der Waals surface area contributed by atoms with Gasteiger partial charge in [-0.1, -0.05) is 18.2 Å². The highest BCUT2D eigenvalue weighted by Gasteiger charge is 2.16. The molecule has 0 bridgehead atoms. The molecule has 0 fully saturated rings. The van der Waals surface area contributed by atoms with Crippen LogP contribution in [0.1, 0.15) is 29.5 Å². The first-order valence-corrected chi connectivity index (χ1v) is 9.35. The molecule has 0 radical (unpaired) electrons. The molecule has 0 saturated carbocycles. The average molecular weight is 398 g/mol. The Morgan fingerprint density at radius 1 is 1.10 bits per heavy atom. The normalized spacial score (nSPS) is 12.6. The third-order valence-electron chi connectivity index (χ3n) is 4.79. The number of carbonyl (C=O) groups is 2. The number of aryl methyl sites for hydroxylation is 2. The summed E-state index contributed by atoms with van der Waals surface area (Å²) in [4.78, 5) is 34.5. The van der Waals surface area contributed by atoms with Gasteiger partial charge in [0.25, 0.3) is 11.6 Å². The van der Waals surface area contributed by atoms with E-state index in [-0.39, 0.29) is 23.5 Å². The van der Waals surface area contributed by atoms with Crippen molar-refractivity contribution in [2.45, 2.75) is 32.1 Å². The van der Waals surface area contributed by atoms with Gasteiger partial charge in [-0.25, -0.2) is 0 Å². The fraction of sp³-hybridized carbons (Fsp3) is 0.333. The molecule has 8 nitrogen and oxygen atoms in total. The lowest BCUT2D eigenvalue weighted by Crippen LogP contribution is -2.22. The predicted octanol–water partition coefficient (Wildman–Crippen LogP) is 3.21. The Morgan fingerprint density at radius 2 is 1.86 bits per heavy atom. The van der Waals surface area contributed by atoms with Crippen molar-refractivity contribution in [1.82, 2.24) is 0 Å². The van der Waals surface area contributed by atoms with E-state index in [1.54, 1.807) is 0 Å². The number of fused-ring (bicyclic) bond motifs is 1. The van der Waals surface area contributed by atoms with Crippen molar-refractivity contribution < 1.29 is 24.0 Å². The second-order valence-corrected chi connectivity index (χ2v) is 6.84. The molecule has 8 heteroatoms. The quantitative estimate of drug-likeness (QED) is 0.436. The summed E-state index contributed by atoms with van der Waals surface area (Å²) in [6.45, 7) is -0.490. The van der Waals surface area contributed by atoms with Gasteiger partial charge in [-0.05, 0) is 48.4 Å². The number of hydrogen-bond acceptors (Lipinski definition) is 6. The SMILES string of the molecule is COc1ccc([N+](=O)[O-])cc1NC(=O)COC(=O)Cc1ccc2c(c1)CCCC2. The van der Waals surface area contributed by atoms with Gasteiger partial charge >= 0.3 is 5.97 Å². The summed E-state index contributed by atoms with van der Waals surface area (Å²) >= 11 is 0. The number of esters is 1. The van der Waals surface area contributed by atoms with Crippen LogP contribution < -0.4 is 10.1 Å². The smallest absolute Gasteiger partial charge is 0.310 e. The molecule has 3 rings (SSSR count). The highest BCUT2D eigenvalue weighted by Crippen LogP contribution is 2.28. The molecule has 29 heavy (non-hydrogen) atoms. The topological polar surface area (TPSA) is 108 Å². The summed E-state index contributed by atoms with van der Waals surface area (Å²) in [7, 11) is 1.38. The summed E-state index contributed by atoms with van der Waals surface area (Å²) in [6.07, 6.45) is 4.52. The number of methoxy groups -OCH3 is 1. The van der Waals surface area contributed by atoms with Crippen molar-refractivity contribution in [3.63, 3.8) is 0 Å². The van der Waals surface area contributed by atoms with Gasteiger partial charge in [0.15, 0.2) is 6.61 Å². The van der Waals surface area contributed by atoms with Gasteiger partial charge in [-0.3, -0.25) is 19.7 Å². The lowest BCUT2D eigenvalue weighted by molar-refractivity contribution is -0.384. The number of benzene rings is 2. The third-order valence-corrected chi connectivity index (χ3v) is 4.79. The number of carbonyl (C=O) groups excluding carboxylic acids is 2. The first kappa shape index (κ1) is 20.3. The molecule has 0 atom stereocenters. The number of nitrogens with zero attached hydrogens (tertiary/aromatic N) is 1. The van der Waals surface area contributed by atoms with E-state index in [1.807, 2.05) is 12.1 Å². The lowest BCUT2D eigenvalue weighted by atomic mass is 9.90. The molecule has 1 N–H and O–H groups in total. The van der Waals surface area contributed by atoms with Crippen molar-refractivity contribution >= 4 is 23.3 Å². The molecule has 1 aliphatic rings. The maximum atomic E-state index is 12.1. The van der Waals surface area contributed by atoms with E-state index in [4.69, 9.17) is 9.47 Å². The standard InChI is InChI=1S/C21H22N2O6/c1-28-19-9-8-17(23(26)27)12-18(19)22-20(24)13-29-21(25)11-14-6-7-15-4-2-3-5-16(15)10-14/h6-10,12H,2-5,11,13H2,1H3,(H,22,24). The number of nitrogens with one attached hydrogen (secondary N) is 1. The molecule has 0 heterocycles. The molecule has 1 aliphatic carbocycles. The molecule has 2 aromatic carbocycles. The highest BCUT2D eigenvalue weighted by molar-refractivity contribution is 5.94. The Labute approximate surface area is 168 Å². The van der Waals surface area contributed by atoms with E-state index >= 15 is 0 Å². The summed E-state index contributed by atoms with van der Waals surface area (Å²) in [5.74, 6) is -0.853. The number of nitro benzene ring substituents is 1. The summed E-state index contributed by atoms with van der Waals surface area (Å²) < 4.78 is 10.1. The second-order valence-electron chi connectivity index (χ2n) is 6.84. The molecule has 152 valence electrons. The molecule has 1 amide bonds. The van der Waals surface area contributed by atoms with Crippen LogP contribution in [-0.2, 0) is 33.6 Å². The van der Waals surface area contributed by atoms with E-state index in [0.29, 0.717) is 0 Å². The molecule has 0 aliphatic heterocycles. The van der Waals surface area contributed by atoms with Crippen LogP contribution in [0.5, 0.6) is 5.75 Å². The third kappa shape index (κ3) is 5.31. The molecule has 0 aromatic heterocycles. The van der Waals surface area contributed by atoms with E-state index in [2.05, 4.69) is 11.4 Å². The molecular weight excluding hydrogens is 376 g/mol. The Kier molecular flexibility index (Phi) is 6.43. The number of non-ortho nitro benzene ring substituents is 1. The zero-order chi connectivity index (χ0) is 20.8. The van der Waals surface area contributed by atoms with E-state index in [1.165, 1.54) is 42.9 Å². The summed E-state index contributed by atoms with van der Waals surface area (Å²) in [5.41, 5.74) is 3.41. The first-order valence-electron chi connectivity index (χ1n) is 9.35. The van der Waals surface area contributed by atoms with Gasteiger partial charge in [0.1, 0.15) is 5.75 Å². The monoisotopic (exact) mass is 398 g/mol. The maximum Gasteiger partial charge on any atom is 0.310 e. The highest BCUT2D eigenvalue weighted by atomic mass is 16.6. The van der Waals surface area contributed by atoms with Crippen molar-refractivity contribution in [2.24, 2.45) is 0 Å². The van der Waals surface area contributed by atoms with Gasteiger partial charge in [0, 0.05) is 12.1 Å². The maximum absolute atomic E-state index is 12.1. The van der Waals surface area contributed by atoms with Gasteiger partial charge in [0.05, 0.1) is 24.1 Å². The molecule has 0 saturated heterocycles. The second kappa shape index (κ2) is 9.18. The molecule has 2 aromatic rings. The largest absolute Gasteiger partial charge is 0.495 e. The fourth-order valence-corrected chi connectivity index (χ4v) is 3.35. The number of amides is 1. The van der Waals surface area contributed by atoms with Gasteiger partial charge in [0.2, 0.25) is 0 Å². The van der Waals surface area contributed by atoms with Crippen LogP contribution in [0.2, 0.25) is 0 Å². The van der Waals surface area contributed by atoms with Crippen LogP contribution in [-0.4, -0.2) is 30.5 Å². The lowest BCUT2D eigenvalue weighted by Gasteiger charge is -2.16. The van der Waals surface area contributed by atoms with Gasteiger partial charge in [-0.15, -0.1) is 0 Å². The van der Waals surface area contributed by atoms with Crippen LogP contribution in [0.25, 0.3) is 0 Å². The van der Waals surface area contributed by atoms with Crippen LogP contribution >= 0.6 is 0 Å². The van der Waals surface area contributed by atoms with Gasteiger partial charge in [-0.2, -0.15) is 0 Å². The number of ether oxygens (including phenoxy) is 2. The zero-order valence-corrected chi connectivity index (χ0v) is 16.1. The minimum absolute atomic E-state index is 0.0840. The zero-order valence-electron chi connectivity index (χ0n) is 16.1. The minimum Gasteiger partial charge on any atom is -0.495 e. The van der Waals surface area contributed by atoms with E-state index in [9.17, 15) is 19.7 Å². The Bertz CT molecular complexity index is 941. The Balaban J connectivity index is 1.55. The first-order chi connectivity index (χ1) is 14.0. The number of nitro groups is 1.